The molecule has 0 aliphatic carbocycles. The van der Waals surface area contributed by atoms with E-state index in [0.717, 1.165) is 29.9 Å². The van der Waals surface area contributed by atoms with Gasteiger partial charge in [0.25, 0.3) is 0 Å². The first-order valence-electron chi connectivity index (χ1n) is 10.5. The van der Waals surface area contributed by atoms with Crippen molar-refractivity contribution in [3.8, 4) is 0 Å². The third-order valence-corrected chi connectivity index (χ3v) is 6.91. The van der Waals surface area contributed by atoms with Gasteiger partial charge < -0.3 is 10.1 Å². The molecule has 0 saturated carbocycles. The number of benzene rings is 2. The molecule has 0 amide bonds. The Bertz CT molecular complexity index is 1120. The summed E-state index contributed by atoms with van der Waals surface area (Å²) in [6.45, 7) is 4.01. The zero-order valence-corrected chi connectivity index (χ0v) is 20.3. The van der Waals surface area contributed by atoms with Crippen molar-refractivity contribution < 1.29 is 9.53 Å². The van der Waals surface area contributed by atoms with Gasteiger partial charge in [0.2, 0.25) is 0 Å². The van der Waals surface area contributed by atoms with Crippen LogP contribution in [0.4, 0.5) is 16.5 Å². The largest absolute Gasteiger partial charge is 0.453 e. The first-order chi connectivity index (χ1) is 15.4. The predicted molar refractivity (Wildman–Crippen MR) is 135 cm³/mol. The number of halogens is 1. The molecule has 2 unspecified atom stereocenters. The van der Waals surface area contributed by atoms with Gasteiger partial charge in [0.05, 0.1) is 22.3 Å². The lowest BCUT2D eigenvalue weighted by Gasteiger charge is -2.25. The van der Waals surface area contributed by atoms with Crippen LogP contribution in [0, 0.1) is 5.92 Å². The van der Waals surface area contributed by atoms with Crippen LogP contribution in [0.15, 0.2) is 60.0 Å². The normalized spacial score (nSPS) is 20.1. The average Bonchev–Trinajstić information content (AvgIpc) is 3.37. The number of cyclic esters (lactones) is 1. The van der Waals surface area contributed by atoms with Crippen molar-refractivity contribution in [1.82, 2.24) is 4.98 Å². The van der Waals surface area contributed by atoms with Gasteiger partial charge in [-0.25, -0.2) is 4.98 Å². The van der Waals surface area contributed by atoms with Gasteiger partial charge in [-0.15, -0.1) is 11.3 Å². The lowest BCUT2D eigenvalue weighted by molar-refractivity contribution is -0.150. The molecular weight excluding hydrogens is 462 g/mol. The summed E-state index contributed by atoms with van der Waals surface area (Å²) in [6, 6.07) is 17.2. The highest BCUT2D eigenvalue weighted by Crippen LogP contribution is 2.43. The molecule has 2 aromatic carbocycles. The molecule has 0 radical (unpaired) electrons. The maximum absolute atomic E-state index is 12.4. The molecule has 4 rings (SSSR count). The summed E-state index contributed by atoms with van der Waals surface area (Å²) >= 11 is 13.7. The molecule has 32 heavy (non-hydrogen) atoms. The second kappa shape index (κ2) is 9.57. The smallest absolute Gasteiger partial charge is 0.310 e. The van der Waals surface area contributed by atoms with Crippen LogP contribution in [0.2, 0.25) is 5.02 Å². The fourth-order valence-corrected chi connectivity index (χ4v) is 5.41. The summed E-state index contributed by atoms with van der Waals surface area (Å²) in [6.07, 6.45) is 2.39. The maximum Gasteiger partial charge on any atom is 0.310 e. The van der Waals surface area contributed by atoms with Crippen LogP contribution in [-0.2, 0) is 15.1 Å². The molecule has 1 N–H and O–H groups in total. The number of hydrogen-bond donors (Lipinski definition) is 1. The van der Waals surface area contributed by atoms with E-state index in [9.17, 15) is 4.79 Å². The molecule has 1 fully saturated rings. The van der Waals surface area contributed by atoms with Gasteiger partial charge >= 0.3 is 5.97 Å². The number of carbonyl (C=O) groups is 1. The molecule has 0 spiro atoms. The first-order valence-corrected chi connectivity index (χ1v) is 12.2. The molecule has 5 nitrogen and oxygen atoms in total. The minimum atomic E-state index is -0.744. The highest BCUT2D eigenvalue weighted by molar-refractivity contribution is 7.80. The van der Waals surface area contributed by atoms with Crippen molar-refractivity contribution in [3.63, 3.8) is 0 Å². The van der Waals surface area contributed by atoms with Gasteiger partial charge in [0.15, 0.2) is 15.8 Å². The van der Waals surface area contributed by atoms with Gasteiger partial charge in [-0.2, -0.15) is 0 Å². The quantitative estimate of drug-likeness (QED) is 0.302. The summed E-state index contributed by atoms with van der Waals surface area (Å²) in [5.74, 6) is -0.233. The molecular formula is C24H24ClN3O2S2. The van der Waals surface area contributed by atoms with Crippen molar-refractivity contribution in [1.29, 1.82) is 0 Å². The van der Waals surface area contributed by atoms with E-state index >= 15 is 0 Å². The van der Waals surface area contributed by atoms with Crippen molar-refractivity contribution in [2.24, 2.45) is 5.92 Å². The number of carbonyl (C=O) groups excluding carboxylic acids is 1. The standard InChI is InChI=1S/C24H24ClN3O2S2/c1-3-9-16-14-24(2,30-21(16)29)20-15-32-23(27-20)28(19-13-8-7-12-18(19)25)22(31)26-17-10-5-4-6-11-17/h4-8,10-13,15-16H,3,9,14H2,1-2H3,(H,26,31). The predicted octanol–water partition coefficient (Wildman–Crippen LogP) is 6.91. The van der Waals surface area contributed by atoms with E-state index in [-0.39, 0.29) is 11.9 Å². The Morgan fingerprint density at radius 1 is 1.28 bits per heavy atom. The van der Waals surface area contributed by atoms with E-state index in [0.29, 0.717) is 21.7 Å². The number of ether oxygens (including phenoxy) is 1. The second-order valence-electron chi connectivity index (χ2n) is 7.94. The number of esters is 1. The van der Waals surface area contributed by atoms with Gasteiger partial charge in [-0.3, -0.25) is 9.69 Å². The van der Waals surface area contributed by atoms with Crippen molar-refractivity contribution in [2.75, 3.05) is 10.2 Å². The van der Waals surface area contributed by atoms with Crippen LogP contribution in [0.1, 0.15) is 38.8 Å². The van der Waals surface area contributed by atoms with E-state index in [4.69, 9.17) is 33.5 Å². The Morgan fingerprint density at radius 3 is 2.72 bits per heavy atom. The van der Waals surface area contributed by atoms with E-state index in [2.05, 4.69) is 12.2 Å². The molecule has 1 saturated heterocycles. The van der Waals surface area contributed by atoms with Crippen LogP contribution < -0.4 is 10.2 Å². The lowest BCUT2D eigenvalue weighted by atomic mass is 9.91. The van der Waals surface area contributed by atoms with Crippen LogP contribution in [0.25, 0.3) is 0 Å². The average molecular weight is 486 g/mol. The number of thiocarbonyl (C=S) groups is 1. The Hall–Kier alpha value is -2.48. The minimum Gasteiger partial charge on any atom is -0.453 e. The summed E-state index contributed by atoms with van der Waals surface area (Å²) in [4.78, 5) is 19.0. The molecule has 1 aromatic heterocycles. The third-order valence-electron chi connectivity index (χ3n) is 5.48. The lowest BCUT2D eigenvalue weighted by Crippen LogP contribution is -2.31. The molecule has 0 bridgehead atoms. The SMILES string of the molecule is CCCC1CC(C)(c2csc(N(C(=S)Nc3ccccc3)c3ccccc3Cl)n2)OC1=O. The summed E-state index contributed by atoms with van der Waals surface area (Å²) in [7, 11) is 0. The Balaban J connectivity index is 1.67. The van der Waals surface area contributed by atoms with Crippen LogP contribution in [0.3, 0.4) is 0 Å². The molecule has 2 heterocycles. The third kappa shape index (κ3) is 4.65. The minimum absolute atomic E-state index is 0.0874. The number of aromatic nitrogens is 1. The summed E-state index contributed by atoms with van der Waals surface area (Å²) in [5, 5.41) is 6.86. The number of nitrogens with zero attached hydrogens (tertiary/aromatic N) is 2. The Labute approximate surface area is 202 Å². The Morgan fingerprint density at radius 2 is 2.00 bits per heavy atom. The monoisotopic (exact) mass is 485 g/mol. The second-order valence-corrected chi connectivity index (χ2v) is 9.57. The number of rotatable bonds is 6. The number of hydrogen-bond acceptors (Lipinski definition) is 5. The molecule has 1 aliphatic heterocycles. The van der Waals surface area contributed by atoms with Gasteiger partial charge in [-0.1, -0.05) is 55.3 Å². The highest BCUT2D eigenvalue weighted by atomic mass is 35.5. The van der Waals surface area contributed by atoms with Crippen LogP contribution >= 0.6 is 35.2 Å². The summed E-state index contributed by atoms with van der Waals surface area (Å²) < 4.78 is 5.79. The fraction of sp³-hybridized carbons (Fsp3) is 0.292. The number of nitrogens with one attached hydrogen (secondary N) is 1. The molecule has 1 aliphatic rings. The molecule has 3 aromatic rings. The number of thiazole rings is 1. The van der Waals surface area contributed by atoms with E-state index < -0.39 is 5.60 Å². The number of para-hydroxylation sites is 2. The van der Waals surface area contributed by atoms with Gasteiger partial charge in [0.1, 0.15) is 0 Å². The topological polar surface area (TPSA) is 54.5 Å². The van der Waals surface area contributed by atoms with Crippen molar-refractivity contribution in [2.45, 2.75) is 38.7 Å². The molecule has 2 atom stereocenters. The van der Waals surface area contributed by atoms with E-state index in [1.165, 1.54) is 11.3 Å². The highest BCUT2D eigenvalue weighted by Gasteiger charge is 2.45. The van der Waals surface area contributed by atoms with Crippen molar-refractivity contribution in [3.05, 3.63) is 70.7 Å². The van der Waals surface area contributed by atoms with Gasteiger partial charge in [-0.05, 0) is 49.8 Å². The fourth-order valence-electron chi connectivity index (χ4n) is 3.87. The molecule has 8 heteroatoms. The summed E-state index contributed by atoms with van der Waals surface area (Å²) in [5.41, 5.74) is 1.57. The van der Waals surface area contributed by atoms with Crippen LogP contribution in [0.5, 0.6) is 0 Å². The zero-order valence-electron chi connectivity index (χ0n) is 17.9. The van der Waals surface area contributed by atoms with E-state index in [1.807, 2.05) is 71.8 Å². The van der Waals surface area contributed by atoms with Crippen LogP contribution in [-0.4, -0.2) is 16.1 Å². The van der Waals surface area contributed by atoms with Gasteiger partial charge in [0, 0.05) is 17.5 Å². The Kier molecular flexibility index (Phi) is 6.79. The zero-order chi connectivity index (χ0) is 22.7. The number of anilines is 3. The van der Waals surface area contributed by atoms with E-state index in [1.54, 1.807) is 0 Å². The molecule has 166 valence electrons. The van der Waals surface area contributed by atoms with Crippen molar-refractivity contribution >= 4 is 62.7 Å². The first kappa shape index (κ1) is 22.7. The maximum atomic E-state index is 12.4.